The van der Waals surface area contributed by atoms with E-state index in [0.29, 0.717) is 31.5 Å². The summed E-state index contributed by atoms with van der Waals surface area (Å²) in [6.45, 7) is 3.17. The number of carbonyl (C=O) groups is 3. The van der Waals surface area contributed by atoms with Crippen molar-refractivity contribution in [2.75, 3.05) is 13.1 Å². The van der Waals surface area contributed by atoms with Crippen molar-refractivity contribution in [2.24, 2.45) is 0 Å². The van der Waals surface area contributed by atoms with Gasteiger partial charge in [-0.15, -0.1) is 0 Å². The summed E-state index contributed by atoms with van der Waals surface area (Å²) in [7, 11) is 0. The lowest BCUT2D eigenvalue weighted by Gasteiger charge is -2.32. The summed E-state index contributed by atoms with van der Waals surface area (Å²) in [6, 6.07) is 7.51. The second-order valence-electron chi connectivity index (χ2n) is 5.89. The van der Waals surface area contributed by atoms with E-state index >= 15 is 0 Å². The van der Waals surface area contributed by atoms with E-state index in [1.807, 2.05) is 31.2 Å². The lowest BCUT2D eigenvalue weighted by atomic mass is 10.0. The first-order valence-electron chi connectivity index (χ1n) is 7.83. The molecule has 124 valence electrons. The molecule has 0 saturated carbocycles. The molecule has 0 unspecified atom stereocenters. The van der Waals surface area contributed by atoms with Gasteiger partial charge in [-0.25, -0.2) is 0 Å². The van der Waals surface area contributed by atoms with Gasteiger partial charge in [-0.1, -0.05) is 17.7 Å². The lowest BCUT2D eigenvalue weighted by Crippen LogP contribution is -2.46. The van der Waals surface area contributed by atoms with E-state index in [1.165, 1.54) is 0 Å². The molecule has 6 nitrogen and oxygen atoms in total. The maximum Gasteiger partial charge on any atom is 0.303 e. The van der Waals surface area contributed by atoms with E-state index in [9.17, 15) is 14.4 Å². The van der Waals surface area contributed by atoms with Crippen LogP contribution in [-0.2, 0) is 9.59 Å². The molecule has 1 fully saturated rings. The fourth-order valence-electron chi connectivity index (χ4n) is 2.63. The maximum absolute atomic E-state index is 12.4. The van der Waals surface area contributed by atoms with Crippen LogP contribution in [-0.4, -0.2) is 46.9 Å². The van der Waals surface area contributed by atoms with Crippen molar-refractivity contribution in [1.82, 2.24) is 10.2 Å². The zero-order chi connectivity index (χ0) is 16.8. The van der Waals surface area contributed by atoms with Crippen LogP contribution in [0, 0.1) is 6.92 Å². The van der Waals surface area contributed by atoms with E-state index in [0.717, 1.165) is 5.56 Å². The average Bonchev–Trinajstić information content (AvgIpc) is 2.54. The summed E-state index contributed by atoms with van der Waals surface area (Å²) in [4.78, 5) is 36.3. The number of amides is 2. The van der Waals surface area contributed by atoms with Crippen molar-refractivity contribution in [3.05, 3.63) is 35.4 Å². The highest BCUT2D eigenvalue weighted by Crippen LogP contribution is 2.15. The molecule has 1 aliphatic heterocycles. The van der Waals surface area contributed by atoms with Crippen molar-refractivity contribution >= 4 is 17.8 Å². The summed E-state index contributed by atoms with van der Waals surface area (Å²) in [5.74, 6) is -1.20. The van der Waals surface area contributed by atoms with Crippen LogP contribution in [0.15, 0.2) is 24.3 Å². The van der Waals surface area contributed by atoms with Gasteiger partial charge in [-0.2, -0.15) is 0 Å². The topological polar surface area (TPSA) is 86.7 Å². The first kappa shape index (κ1) is 17.0. The quantitative estimate of drug-likeness (QED) is 0.863. The van der Waals surface area contributed by atoms with Crippen molar-refractivity contribution in [3.8, 4) is 0 Å². The largest absolute Gasteiger partial charge is 0.481 e. The van der Waals surface area contributed by atoms with E-state index in [-0.39, 0.29) is 30.7 Å². The minimum Gasteiger partial charge on any atom is -0.481 e. The number of aliphatic carboxylic acids is 1. The molecule has 0 aliphatic carbocycles. The third kappa shape index (κ3) is 5.09. The number of piperidine rings is 1. The van der Waals surface area contributed by atoms with Crippen LogP contribution in [0.3, 0.4) is 0 Å². The molecule has 1 aliphatic rings. The Morgan fingerprint density at radius 1 is 1.13 bits per heavy atom. The van der Waals surface area contributed by atoms with Crippen LogP contribution >= 0.6 is 0 Å². The Morgan fingerprint density at radius 3 is 2.30 bits per heavy atom. The van der Waals surface area contributed by atoms with Gasteiger partial charge in [-0.3, -0.25) is 14.4 Å². The molecule has 2 rings (SSSR count). The first-order chi connectivity index (χ1) is 11.0. The monoisotopic (exact) mass is 318 g/mol. The number of carboxylic acids is 1. The van der Waals surface area contributed by atoms with Gasteiger partial charge < -0.3 is 15.3 Å². The Bertz CT molecular complexity index is 575. The molecule has 0 spiro atoms. The van der Waals surface area contributed by atoms with Crippen LogP contribution in [0.4, 0.5) is 0 Å². The summed E-state index contributed by atoms with van der Waals surface area (Å²) in [6.07, 6.45) is 1.22. The number of hydrogen-bond acceptors (Lipinski definition) is 3. The van der Waals surface area contributed by atoms with Gasteiger partial charge in [0.25, 0.3) is 5.91 Å². The van der Waals surface area contributed by atoms with E-state index in [4.69, 9.17) is 5.11 Å². The molecule has 1 heterocycles. The highest BCUT2D eigenvalue weighted by molar-refractivity contribution is 5.94. The molecule has 1 saturated heterocycles. The number of benzene rings is 1. The van der Waals surface area contributed by atoms with E-state index in [1.54, 1.807) is 4.90 Å². The van der Waals surface area contributed by atoms with E-state index < -0.39 is 5.97 Å². The lowest BCUT2D eigenvalue weighted by molar-refractivity contribution is -0.139. The zero-order valence-electron chi connectivity index (χ0n) is 13.2. The number of rotatable bonds is 5. The molecule has 23 heavy (non-hydrogen) atoms. The molecule has 0 aromatic heterocycles. The van der Waals surface area contributed by atoms with E-state index in [2.05, 4.69) is 5.32 Å². The molecule has 1 aromatic rings. The van der Waals surface area contributed by atoms with Crippen LogP contribution in [0.2, 0.25) is 0 Å². The van der Waals surface area contributed by atoms with Gasteiger partial charge in [-0.05, 0) is 31.9 Å². The second-order valence-corrected chi connectivity index (χ2v) is 5.89. The highest BCUT2D eigenvalue weighted by Gasteiger charge is 2.24. The third-order valence-electron chi connectivity index (χ3n) is 4.01. The van der Waals surface area contributed by atoms with Crippen LogP contribution in [0.1, 0.15) is 41.6 Å². The standard InChI is InChI=1S/C17H22N2O4/c1-12-2-4-13(5-3-12)17(23)19-10-8-14(9-11-19)18-15(20)6-7-16(21)22/h2-5,14H,6-11H2,1H3,(H,18,20)(H,21,22). The Hall–Kier alpha value is -2.37. The SMILES string of the molecule is Cc1ccc(C(=O)N2CCC(NC(=O)CCC(=O)O)CC2)cc1. The molecule has 0 radical (unpaired) electrons. The maximum atomic E-state index is 12.4. The smallest absolute Gasteiger partial charge is 0.303 e. The third-order valence-corrected chi connectivity index (χ3v) is 4.01. The number of carbonyl (C=O) groups excluding carboxylic acids is 2. The van der Waals surface area contributed by atoms with Crippen molar-refractivity contribution < 1.29 is 19.5 Å². The highest BCUT2D eigenvalue weighted by atomic mass is 16.4. The van der Waals surface area contributed by atoms with Crippen molar-refractivity contribution in [3.63, 3.8) is 0 Å². The molecular weight excluding hydrogens is 296 g/mol. The van der Waals surface area contributed by atoms with Crippen LogP contribution in [0.25, 0.3) is 0 Å². The number of likely N-dealkylation sites (tertiary alicyclic amines) is 1. The summed E-state index contributed by atoms with van der Waals surface area (Å²) in [5, 5.41) is 11.4. The molecule has 6 heteroatoms. The Labute approximate surface area is 135 Å². The number of nitrogens with one attached hydrogen (secondary N) is 1. The molecule has 0 bridgehead atoms. The number of nitrogens with zero attached hydrogens (tertiary/aromatic N) is 1. The molecule has 1 aromatic carbocycles. The first-order valence-corrected chi connectivity index (χ1v) is 7.83. The minimum atomic E-state index is -0.973. The summed E-state index contributed by atoms with van der Waals surface area (Å²) < 4.78 is 0. The predicted molar refractivity (Wildman–Crippen MR) is 85.1 cm³/mol. The Morgan fingerprint density at radius 2 is 1.74 bits per heavy atom. The molecule has 2 amide bonds. The minimum absolute atomic E-state index is 0.00214. The van der Waals surface area contributed by atoms with Gasteiger partial charge >= 0.3 is 5.97 Å². The summed E-state index contributed by atoms with van der Waals surface area (Å²) in [5.41, 5.74) is 1.80. The summed E-state index contributed by atoms with van der Waals surface area (Å²) >= 11 is 0. The number of carboxylic acid groups (broad SMARTS) is 1. The van der Waals surface area contributed by atoms with Crippen molar-refractivity contribution in [2.45, 2.75) is 38.6 Å². The predicted octanol–water partition coefficient (Wildman–Crippen LogP) is 1.58. The Balaban J connectivity index is 1.79. The molecule has 2 N–H and O–H groups in total. The normalized spacial score (nSPS) is 15.3. The fourth-order valence-corrected chi connectivity index (χ4v) is 2.63. The average molecular weight is 318 g/mol. The van der Waals surface area contributed by atoms with Gasteiger partial charge in [0.15, 0.2) is 0 Å². The second kappa shape index (κ2) is 7.76. The number of hydrogen-bond donors (Lipinski definition) is 2. The van der Waals surface area contributed by atoms with Crippen molar-refractivity contribution in [1.29, 1.82) is 0 Å². The fraction of sp³-hybridized carbons (Fsp3) is 0.471. The molecule has 0 atom stereocenters. The zero-order valence-corrected chi connectivity index (χ0v) is 13.2. The molecular formula is C17H22N2O4. The van der Waals surface area contributed by atoms with Crippen LogP contribution in [0.5, 0.6) is 0 Å². The van der Waals surface area contributed by atoms with Crippen LogP contribution < -0.4 is 5.32 Å². The Kier molecular flexibility index (Phi) is 5.73. The van der Waals surface area contributed by atoms with Gasteiger partial charge in [0.05, 0.1) is 6.42 Å². The van der Waals surface area contributed by atoms with Gasteiger partial charge in [0.1, 0.15) is 0 Å². The number of aryl methyl sites for hydroxylation is 1. The van der Waals surface area contributed by atoms with Gasteiger partial charge in [0.2, 0.25) is 5.91 Å². The van der Waals surface area contributed by atoms with Gasteiger partial charge in [0, 0.05) is 31.1 Å².